The van der Waals surface area contributed by atoms with Crippen molar-refractivity contribution in [2.75, 3.05) is 31.7 Å². The molecule has 0 atom stereocenters. The first-order chi connectivity index (χ1) is 9.23. The predicted octanol–water partition coefficient (Wildman–Crippen LogP) is 0.936. The molecule has 0 bridgehead atoms. The maximum Gasteiger partial charge on any atom is 0.249 e. The van der Waals surface area contributed by atoms with Gasteiger partial charge in [-0.1, -0.05) is 0 Å². The molecular formula is C13H12N2O4. The zero-order chi connectivity index (χ0) is 13.3. The van der Waals surface area contributed by atoms with Crippen LogP contribution in [0.3, 0.4) is 0 Å². The van der Waals surface area contributed by atoms with Crippen LogP contribution in [0.5, 0.6) is 11.5 Å². The Bertz CT molecular complexity index is 560. The first-order valence-electron chi connectivity index (χ1n) is 5.94. The minimum atomic E-state index is -1.06. The molecule has 0 aromatic heterocycles. The summed E-state index contributed by atoms with van der Waals surface area (Å²) in [4.78, 5) is 12.0. The summed E-state index contributed by atoms with van der Waals surface area (Å²) in [5, 5.41) is 11.8. The first-order valence-corrected chi connectivity index (χ1v) is 5.94. The quantitative estimate of drug-likeness (QED) is 0.855. The number of fused-ring (bicyclic) bond motifs is 1. The lowest BCUT2D eigenvalue weighted by Gasteiger charge is -2.33. The Morgan fingerprint density at radius 1 is 1.26 bits per heavy atom. The van der Waals surface area contributed by atoms with Gasteiger partial charge in [0.2, 0.25) is 5.91 Å². The third-order valence-corrected chi connectivity index (χ3v) is 3.15. The van der Waals surface area contributed by atoms with Crippen LogP contribution in [-0.4, -0.2) is 32.3 Å². The summed E-state index contributed by atoms with van der Waals surface area (Å²) in [7, 11) is 0. The van der Waals surface area contributed by atoms with Crippen molar-refractivity contribution in [1.82, 2.24) is 0 Å². The van der Waals surface area contributed by atoms with Gasteiger partial charge in [0, 0.05) is 11.8 Å². The average Bonchev–Trinajstić information content (AvgIpc) is 2.38. The summed E-state index contributed by atoms with van der Waals surface area (Å²) >= 11 is 0. The van der Waals surface area contributed by atoms with Crippen molar-refractivity contribution in [2.45, 2.75) is 0 Å². The summed E-state index contributed by atoms with van der Waals surface area (Å²) in [6, 6.07) is 7.15. The van der Waals surface area contributed by atoms with Crippen LogP contribution in [0.15, 0.2) is 18.2 Å². The van der Waals surface area contributed by atoms with E-state index >= 15 is 0 Å². The Labute approximate surface area is 109 Å². The molecule has 0 radical (unpaired) electrons. The lowest BCUT2D eigenvalue weighted by atomic mass is 9.87. The third-order valence-electron chi connectivity index (χ3n) is 3.15. The monoisotopic (exact) mass is 260 g/mol. The van der Waals surface area contributed by atoms with Crippen molar-refractivity contribution in [2.24, 2.45) is 5.41 Å². The number of carbonyl (C=O) groups is 1. The highest BCUT2D eigenvalue weighted by atomic mass is 16.6. The molecule has 2 heterocycles. The number of ether oxygens (including phenoxy) is 3. The fourth-order valence-corrected chi connectivity index (χ4v) is 1.92. The number of anilines is 1. The molecule has 3 rings (SSSR count). The van der Waals surface area contributed by atoms with Gasteiger partial charge in [-0.25, -0.2) is 0 Å². The molecule has 1 fully saturated rings. The maximum absolute atomic E-state index is 12.0. The Morgan fingerprint density at radius 2 is 2.00 bits per heavy atom. The van der Waals surface area contributed by atoms with Gasteiger partial charge in [-0.2, -0.15) is 5.26 Å². The van der Waals surface area contributed by atoms with E-state index in [4.69, 9.17) is 19.5 Å². The van der Waals surface area contributed by atoms with Gasteiger partial charge >= 0.3 is 0 Å². The number of rotatable bonds is 2. The minimum absolute atomic E-state index is 0.139. The average molecular weight is 260 g/mol. The van der Waals surface area contributed by atoms with E-state index in [1.807, 2.05) is 6.07 Å². The Morgan fingerprint density at radius 3 is 2.63 bits per heavy atom. The number of amides is 1. The van der Waals surface area contributed by atoms with Crippen molar-refractivity contribution in [1.29, 1.82) is 5.26 Å². The number of hydrogen-bond donors (Lipinski definition) is 1. The van der Waals surface area contributed by atoms with Crippen molar-refractivity contribution in [3.05, 3.63) is 18.2 Å². The SMILES string of the molecule is N#CC1(C(=O)Nc2ccc3c(c2)OCCO3)COC1. The second kappa shape index (κ2) is 4.44. The maximum atomic E-state index is 12.0. The van der Waals surface area contributed by atoms with Crippen LogP contribution >= 0.6 is 0 Å². The predicted molar refractivity (Wildman–Crippen MR) is 64.9 cm³/mol. The van der Waals surface area contributed by atoms with Crippen molar-refractivity contribution < 1.29 is 19.0 Å². The van der Waals surface area contributed by atoms with E-state index in [1.54, 1.807) is 18.2 Å². The van der Waals surface area contributed by atoms with Crippen molar-refractivity contribution in [3.63, 3.8) is 0 Å². The number of benzene rings is 1. The fourth-order valence-electron chi connectivity index (χ4n) is 1.92. The van der Waals surface area contributed by atoms with E-state index in [0.717, 1.165) is 0 Å². The third kappa shape index (κ3) is 1.98. The molecular weight excluding hydrogens is 248 g/mol. The second-order valence-corrected chi connectivity index (χ2v) is 4.50. The van der Waals surface area contributed by atoms with E-state index in [9.17, 15) is 4.79 Å². The summed E-state index contributed by atoms with van der Waals surface area (Å²) in [5.41, 5.74) is -0.483. The van der Waals surface area contributed by atoms with Gasteiger partial charge in [-0.15, -0.1) is 0 Å². The van der Waals surface area contributed by atoms with E-state index in [0.29, 0.717) is 30.4 Å². The highest BCUT2D eigenvalue weighted by molar-refractivity contribution is 5.98. The highest BCUT2D eigenvalue weighted by Gasteiger charge is 2.46. The van der Waals surface area contributed by atoms with Crippen LogP contribution in [-0.2, 0) is 9.53 Å². The molecule has 0 saturated carbocycles. The van der Waals surface area contributed by atoms with E-state index in [1.165, 1.54) is 0 Å². The van der Waals surface area contributed by atoms with Crippen LogP contribution in [0, 0.1) is 16.7 Å². The van der Waals surface area contributed by atoms with Crippen LogP contribution < -0.4 is 14.8 Å². The molecule has 6 nitrogen and oxygen atoms in total. The number of nitrogens with one attached hydrogen (secondary N) is 1. The van der Waals surface area contributed by atoms with Crippen LogP contribution in [0.1, 0.15) is 0 Å². The summed E-state index contributed by atoms with van der Waals surface area (Å²) in [6.07, 6.45) is 0. The molecule has 6 heteroatoms. The Hall–Kier alpha value is -2.26. The van der Waals surface area contributed by atoms with Crippen LogP contribution in [0.4, 0.5) is 5.69 Å². The fraction of sp³-hybridized carbons (Fsp3) is 0.385. The number of hydrogen-bond acceptors (Lipinski definition) is 5. The molecule has 98 valence electrons. The van der Waals surface area contributed by atoms with Gasteiger partial charge in [0.15, 0.2) is 16.9 Å². The number of nitrogens with zero attached hydrogens (tertiary/aromatic N) is 1. The Kier molecular flexibility index (Phi) is 2.76. The molecule has 2 aliphatic rings. The van der Waals surface area contributed by atoms with Crippen LogP contribution in [0.25, 0.3) is 0 Å². The van der Waals surface area contributed by atoms with E-state index < -0.39 is 5.41 Å². The zero-order valence-corrected chi connectivity index (χ0v) is 10.1. The molecule has 0 spiro atoms. The molecule has 2 aliphatic heterocycles. The zero-order valence-electron chi connectivity index (χ0n) is 10.1. The largest absolute Gasteiger partial charge is 0.486 e. The molecule has 1 aromatic rings. The summed E-state index contributed by atoms with van der Waals surface area (Å²) < 4.78 is 15.8. The highest BCUT2D eigenvalue weighted by Crippen LogP contribution is 2.34. The Balaban J connectivity index is 1.77. The first kappa shape index (κ1) is 11.8. The standard InChI is InChI=1S/C13H12N2O4/c14-6-13(7-17-8-13)12(16)15-9-1-2-10-11(5-9)19-4-3-18-10/h1-2,5H,3-4,7-8H2,(H,15,16). The van der Waals surface area contributed by atoms with E-state index in [-0.39, 0.29) is 19.1 Å². The van der Waals surface area contributed by atoms with E-state index in [2.05, 4.69) is 5.32 Å². The molecule has 19 heavy (non-hydrogen) atoms. The lowest BCUT2D eigenvalue weighted by Crippen LogP contribution is -2.50. The van der Waals surface area contributed by atoms with Gasteiger partial charge in [0.1, 0.15) is 13.2 Å². The smallest absolute Gasteiger partial charge is 0.249 e. The summed E-state index contributed by atoms with van der Waals surface area (Å²) in [5.74, 6) is 0.907. The minimum Gasteiger partial charge on any atom is -0.486 e. The number of carbonyl (C=O) groups excluding carboxylic acids is 1. The van der Waals surface area contributed by atoms with Crippen molar-refractivity contribution in [3.8, 4) is 17.6 Å². The molecule has 1 saturated heterocycles. The van der Waals surface area contributed by atoms with Gasteiger partial charge in [-0.3, -0.25) is 4.79 Å². The van der Waals surface area contributed by atoms with Crippen molar-refractivity contribution >= 4 is 11.6 Å². The molecule has 1 aromatic carbocycles. The van der Waals surface area contributed by atoms with Gasteiger partial charge in [0.25, 0.3) is 0 Å². The summed E-state index contributed by atoms with van der Waals surface area (Å²) in [6.45, 7) is 1.29. The van der Waals surface area contributed by atoms with Gasteiger partial charge in [-0.05, 0) is 12.1 Å². The second-order valence-electron chi connectivity index (χ2n) is 4.50. The topological polar surface area (TPSA) is 80.6 Å². The number of nitriles is 1. The van der Waals surface area contributed by atoms with Crippen LogP contribution in [0.2, 0.25) is 0 Å². The molecule has 1 N–H and O–H groups in total. The van der Waals surface area contributed by atoms with Gasteiger partial charge in [0.05, 0.1) is 19.3 Å². The molecule has 1 amide bonds. The van der Waals surface area contributed by atoms with Gasteiger partial charge < -0.3 is 19.5 Å². The lowest BCUT2D eigenvalue weighted by molar-refractivity contribution is -0.144. The molecule has 0 aliphatic carbocycles. The normalized spacial score (nSPS) is 18.9. The molecule has 0 unspecified atom stereocenters.